The van der Waals surface area contributed by atoms with Gasteiger partial charge >= 0.3 is 0 Å². The lowest BCUT2D eigenvalue weighted by molar-refractivity contribution is -0.123. The second kappa shape index (κ2) is 6.25. The van der Waals surface area contributed by atoms with Gasteiger partial charge in [0.25, 0.3) is 0 Å². The molecule has 2 atom stereocenters. The van der Waals surface area contributed by atoms with Crippen LogP contribution in [0.2, 0.25) is 0 Å². The standard InChI is InChI=1S/C10H18ClNO2/c1-8(6-11)10(13)12-4-2-9-3-5-14-7-9/h8-9H,2-7H2,1H3,(H,12,13). The lowest BCUT2D eigenvalue weighted by Gasteiger charge is -2.11. The minimum Gasteiger partial charge on any atom is -0.381 e. The first-order valence-corrected chi connectivity index (χ1v) is 5.69. The highest BCUT2D eigenvalue weighted by Gasteiger charge is 2.16. The number of hydrogen-bond donors (Lipinski definition) is 1. The van der Waals surface area contributed by atoms with Gasteiger partial charge in [0.15, 0.2) is 0 Å². The van der Waals surface area contributed by atoms with Crippen LogP contribution in [0, 0.1) is 11.8 Å². The van der Waals surface area contributed by atoms with Gasteiger partial charge in [0.2, 0.25) is 5.91 Å². The van der Waals surface area contributed by atoms with Gasteiger partial charge in [0, 0.05) is 31.6 Å². The van der Waals surface area contributed by atoms with Crippen LogP contribution in [0.5, 0.6) is 0 Å². The van der Waals surface area contributed by atoms with Crippen molar-refractivity contribution < 1.29 is 9.53 Å². The predicted molar refractivity (Wildman–Crippen MR) is 56.4 cm³/mol. The normalized spacial score (nSPS) is 23.4. The van der Waals surface area contributed by atoms with Crippen LogP contribution in [0.3, 0.4) is 0 Å². The van der Waals surface area contributed by atoms with Gasteiger partial charge in [0.05, 0.1) is 0 Å². The van der Waals surface area contributed by atoms with Gasteiger partial charge in [-0.15, -0.1) is 11.6 Å². The molecule has 1 rings (SSSR count). The molecule has 1 heterocycles. The molecule has 0 aliphatic carbocycles. The van der Waals surface area contributed by atoms with Gasteiger partial charge in [0.1, 0.15) is 0 Å². The van der Waals surface area contributed by atoms with E-state index in [0.717, 1.165) is 32.6 Å². The number of carbonyl (C=O) groups excluding carboxylic acids is 1. The van der Waals surface area contributed by atoms with Gasteiger partial charge in [-0.3, -0.25) is 4.79 Å². The van der Waals surface area contributed by atoms with Crippen LogP contribution in [0.15, 0.2) is 0 Å². The lowest BCUT2D eigenvalue weighted by Crippen LogP contribution is -2.31. The van der Waals surface area contributed by atoms with Crippen LogP contribution in [0.1, 0.15) is 19.8 Å². The largest absolute Gasteiger partial charge is 0.381 e. The molecule has 0 radical (unpaired) electrons. The Morgan fingerprint density at radius 3 is 3.07 bits per heavy atom. The molecule has 0 aromatic rings. The number of carbonyl (C=O) groups is 1. The Hall–Kier alpha value is -0.280. The molecule has 14 heavy (non-hydrogen) atoms. The summed E-state index contributed by atoms with van der Waals surface area (Å²) >= 11 is 5.57. The fraction of sp³-hybridized carbons (Fsp3) is 0.900. The Morgan fingerprint density at radius 2 is 2.50 bits per heavy atom. The van der Waals surface area contributed by atoms with Gasteiger partial charge in [-0.2, -0.15) is 0 Å². The molecule has 1 aliphatic rings. The smallest absolute Gasteiger partial charge is 0.224 e. The number of alkyl halides is 1. The average molecular weight is 220 g/mol. The molecule has 0 bridgehead atoms. The second-order valence-electron chi connectivity index (χ2n) is 3.86. The van der Waals surface area contributed by atoms with E-state index in [1.54, 1.807) is 0 Å². The summed E-state index contributed by atoms with van der Waals surface area (Å²) in [6, 6.07) is 0. The molecule has 1 saturated heterocycles. The van der Waals surface area contributed by atoms with Crippen LogP contribution in [0.4, 0.5) is 0 Å². The van der Waals surface area contributed by atoms with E-state index in [9.17, 15) is 4.79 Å². The molecule has 0 aromatic heterocycles. The molecule has 2 unspecified atom stereocenters. The maximum atomic E-state index is 11.3. The van der Waals surface area contributed by atoms with E-state index >= 15 is 0 Å². The van der Waals surface area contributed by atoms with Gasteiger partial charge in [-0.1, -0.05) is 6.92 Å². The van der Waals surface area contributed by atoms with Gasteiger partial charge in [-0.05, 0) is 18.8 Å². The van der Waals surface area contributed by atoms with Crippen molar-refractivity contribution in [3.05, 3.63) is 0 Å². The number of hydrogen-bond acceptors (Lipinski definition) is 2. The van der Waals surface area contributed by atoms with Crippen LogP contribution in [-0.2, 0) is 9.53 Å². The summed E-state index contributed by atoms with van der Waals surface area (Å²) in [7, 11) is 0. The number of nitrogens with one attached hydrogen (secondary N) is 1. The first-order valence-electron chi connectivity index (χ1n) is 5.15. The van der Waals surface area contributed by atoms with Crippen molar-refractivity contribution in [3.8, 4) is 0 Å². The summed E-state index contributed by atoms with van der Waals surface area (Å²) in [6.45, 7) is 4.30. The SMILES string of the molecule is CC(CCl)C(=O)NCCC1CCOC1. The minimum atomic E-state index is -0.0866. The molecular weight excluding hydrogens is 202 g/mol. The Balaban J connectivity index is 2.05. The molecule has 0 saturated carbocycles. The van der Waals surface area contributed by atoms with Crippen LogP contribution in [-0.4, -0.2) is 31.5 Å². The molecular formula is C10H18ClNO2. The molecule has 3 nitrogen and oxygen atoms in total. The highest BCUT2D eigenvalue weighted by Crippen LogP contribution is 2.15. The molecule has 4 heteroatoms. The van der Waals surface area contributed by atoms with E-state index in [1.807, 2.05) is 6.92 Å². The van der Waals surface area contributed by atoms with Gasteiger partial charge < -0.3 is 10.1 Å². The number of ether oxygens (including phenoxy) is 1. The molecule has 1 fully saturated rings. The molecule has 1 aliphatic heterocycles. The van der Waals surface area contributed by atoms with Gasteiger partial charge in [-0.25, -0.2) is 0 Å². The topological polar surface area (TPSA) is 38.3 Å². The number of amides is 1. The maximum absolute atomic E-state index is 11.3. The first-order chi connectivity index (χ1) is 6.74. The van der Waals surface area contributed by atoms with Crippen LogP contribution >= 0.6 is 11.6 Å². The van der Waals surface area contributed by atoms with Crippen LogP contribution in [0.25, 0.3) is 0 Å². The summed E-state index contributed by atoms with van der Waals surface area (Å²) in [4.78, 5) is 11.3. The third-order valence-corrected chi connectivity index (χ3v) is 3.02. The van der Waals surface area contributed by atoms with Crippen molar-refractivity contribution in [1.82, 2.24) is 5.32 Å². The Labute approximate surface area is 90.1 Å². The Bertz CT molecular complexity index is 181. The van der Waals surface area contributed by atoms with E-state index in [1.165, 1.54) is 0 Å². The van der Waals surface area contributed by atoms with Crippen LogP contribution < -0.4 is 5.32 Å². The summed E-state index contributed by atoms with van der Waals surface area (Å²) in [6.07, 6.45) is 2.14. The maximum Gasteiger partial charge on any atom is 0.224 e. The zero-order valence-electron chi connectivity index (χ0n) is 8.59. The summed E-state index contributed by atoms with van der Waals surface area (Å²) < 4.78 is 5.25. The molecule has 0 aromatic carbocycles. The zero-order chi connectivity index (χ0) is 10.4. The minimum absolute atomic E-state index is 0.0546. The van der Waals surface area contributed by atoms with Crippen molar-refractivity contribution in [1.29, 1.82) is 0 Å². The fourth-order valence-corrected chi connectivity index (χ4v) is 1.59. The van der Waals surface area contributed by atoms with E-state index in [-0.39, 0.29) is 11.8 Å². The Morgan fingerprint density at radius 1 is 1.71 bits per heavy atom. The quantitative estimate of drug-likeness (QED) is 0.710. The van der Waals surface area contributed by atoms with E-state index in [0.29, 0.717) is 11.8 Å². The predicted octanol–water partition coefficient (Wildman–Crippen LogP) is 1.40. The molecule has 0 spiro atoms. The van der Waals surface area contributed by atoms with Crippen molar-refractivity contribution in [2.75, 3.05) is 25.6 Å². The highest BCUT2D eigenvalue weighted by atomic mass is 35.5. The van der Waals surface area contributed by atoms with Crippen molar-refractivity contribution >= 4 is 17.5 Å². The summed E-state index contributed by atoms with van der Waals surface area (Å²) in [5.41, 5.74) is 0. The van der Waals surface area contributed by atoms with Crippen molar-refractivity contribution in [2.45, 2.75) is 19.8 Å². The third kappa shape index (κ3) is 3.84. The van der Waals surface area contributed by atoms with E-state index in [4.69, 9.17) is 16.3 Å². The molecule has 82 valence electrons. The van der Waals surface area contributed by atoms with Crippen molar-refractivity contribution in [3.63, 3.8) is 0 Å². The zero-order valence-corrected chi connectivity index (χ0v) is 9.35. The number of halogens is 1. The highest BCUT2D eigenvalue weighted by molar-refractivity contribution is 6.19. The number of rotatable bonds is 5. The summed E-state index contributed by atoms with van der Waals surface area (Å²) in [5, 5.41) is 2.88. The Kier molecular flexibility index (Phi) is 5.26. The summed E-state index contributed by atoms with van der Waals surface area (Å²) in [5.74, 6) is 0.982. The van der Waals surface area contributed by atoms with E-state index < -0.39 is 0 Å². The van der Waals surface area contributed by atoms with Crippen molar-refractivity contribution in [2.24, 2.45) is 11.8 Å². The third-order valence-electron chi connectivity index (χ3n) is 2.55. The fourth-order valence-electron chi connectivity index (χ4n) is 1.45. The average Bonchev–Trinajstić information content (AvgIpc) is 2.69. The lowest BCUT2D eigenvalue weighted by atomic mass is 10.1. The molecule has 1 N–H and O–H groups in total. The monoisotopic (exact) mass is 219 g/mol. The van der Waals surface area contributed by atoms with E-state index in [2.05, 4.69) is 5.32 Å². The first kappa shape index (κ1) is 11.8. The second-order valence-corrected chi connectivity index (χ2v) is 4.17. The molecule has 1 amide bonds.